The predicted molar refractivity (Wildman–Crippen MR) is 79.3 cm³/mol. The van der Waals surface area contributed by atoms with Gasteiger partial charge in [0.05, 0.1) is 22.8 Å². The number of anilines is 1. The molecule has 6 nitrogen and oxygen atoms in total. The van der Waals surface area contributed by atoms with Crippen LogP contribution in [0.4, 0.5) is 5.69 Å². The topological polar surface area (TPSA) is 85.8 Å². The van der Waals surface area contributed by atoms with E-state index in [0.29, 0.717) is 35.4 Å². The summed E-state index contributed by atoms with van der Waals surface area (Å²) >= 11 is 0. The first-order valence-corrected chi connectivity index (χ1v) is 6.29. The lowest BCUT2D eigenvalue weighted by molar-refractivity contribution is 0.0958. The number of nitrogens with two attached hydrogens (primary N) is 1. The summed E-state index contributed by atoms with van der Waals surface area (Å²) in [5.41, 5.74) is 7.44. The number of nitrogens with zero attached hydrogens (tertiary/aromatic N) is 3. The summed E-state index contributed by atoms with van der Waals surface area (Å²) in [5.74, 6) is -0.268. The standard InChI is InChI=1S/C14H17N5O/c1-3-5-7-19-13-10(9-18-19)12(15)11(8-17-13)14(20)16-6-4-2/h3-4,8-9H,1-2,5-7H2,(H2,15,17)(H,16,20). The fourth-order valence-corrected chi connectivity index (χ4v) is 1.86. The summed E-state index contributed by atoms with van der Waals surface area (Å²) in [4.78, 5) is 16.2. The Morgan fingerprint density at radius 3 is 2.90 bits per heavy atom. The van der Waals surface area contributed by atoms with Crippen molar-refractivity contribution < 1.29 is 4.79 Å². The highest BCUT2D eigenvalue weighted by Crippen LogP contribution is 2.22. The normalized spacial score (nSPS) is 10.4. The summed E-state index contributed by atoms with van der Waals surface area (Å²) in [6, 6.07) is 0. The van der Waals surface area contributed by atoms with Gasteiger partial charge in [-0.2, -0.15) is 5.10 Å². The third-order valence-electron chi connectivity index (χ3n) is 2.90. The van der Waals surface area contributed by atoms with E-state index in [1.54, 1.807) is 17.0 Å². The number of allylic oxidation sites excluding steroid dienone is 1. The molecular formula is C14H17N5O. The Bertz CT molecular complexity index is 659. The van der Waals surface area contributed by atoms with Crippen molar-refractivity contribution in [3.05, 3.63) is 43.3 Å². The highest BCUT2D eigenvalue weighted by Gasteiger charge is 2.15. The van der Waals surface area contributed by atoms with Gasteiger partial charge in [-0.3, -0.25) is 4.79 Å². The SMILES string of the molecule is C=CCCn1ncc2c(N)c(C(=O)NCC=C)cnc21. The van der Waals surface area contributed by atoms with Crippen LogP contribution in [0.2, 0.25) is 0 Å². The predicted octanol–water partition coefficient (Wildman–Crippen LogP) is 1.51. The molecule has 2 heterocycles. The molecule has 2 rings (SSSR count). The van der Waals surface area contributed by atoms with Crippen molar-refractivity contribution in [2.45, 2.75) is 13.0 Å². The lowest BCUT2D eigenvalue weighted by Crippen LogP contribution is -2.24. The monoisotopic (exact) mass is 271 g/mol. The molecule has 6 heteroatoms. The van der Waals surface area contributed by atoms with Crippen molar-refractivity contribution in [3.63, 3.8) is 0 Å². The van der Waals surface area contributed by atoms with Gasteiger partial charge in [-0.05, 0) is 6.42 Å². The first-order valence-electron chi connectivity index (χ1n) is 6.29. The molecule has 0 aliphatic heterocycles. The maximum Gasteiger partial charge on any atom is 0.255 e. The number of aryl methyl sites for hydroxylation is 1. The number of aromatic nitrogens is 3. The second kappa shape index (κ2) is 6.01. The molecule has 2 aromatic heterocycles. The molecule has 0 radical (unpaired) electrons. The van der Waals surface area contributed by atoms with Gasteiger partial charge >= 0.3 is 0 Å². The van der Waals surface area contributed by atoms with Crippen molar-refractivity contribution in [2.75, 3.05) is 12.3 Å². The fraction of sp³-hybridized carbons (Fsp3) is 0.214. The molecule has 0 fully saturated rings. The Morgan fingerprint density at radius 2 is 2.20 bits per heavy atom. The van der Waals surface area contributed by atoms with E-state index in [-0.39, 0.29) is 5.91 Å². The molecule has 0 saturated heterocycles. The van der Waals surface area contributed by atoms with Crippen LogP contribution < -0.4 is 11.1 Å². The molecule has 0 atom stereocenters. The highest BCUT2D eigenvalue weighted by molar-refractivity contribution is 6.05. The Hall–Kier alpha value is -2.63. The molecule has 1 amide bonds. The smallest absolute Gasteiger partial charge is 0.255 e. The zero-order valence-electron chi connectivity index (χ0n) is 11.2. The first kappa shape index (κ1) is 13.8. The third-order valence-corrected chi connectivity index (χ3v) is 2.90. The van der Waals surface area contributed by atoms with Gasteiger partial charge in [0.2, 0.25) is 0 Å². The first-order chi connectivity index (χ1) is 9.69. The minimum Gasteiger partial charge on any atom is -0.397 e. The van der Waals surface area contributed by atoms with Gasteiger partial charge in [0, 0.05) is 19.3 Å². The number of hydrogen-bond acceptors (Lipinski definition) is 4. The summed E-state index contributed by atoms with van der Waals surface area (Å²) < 4.78 is 1.75. The molecule has 104 valence electrons. The number of nitrogens with one attached hydrogen (secondary N) is 1. The Balaban J connectivity index is 2.36. The van der Waals surface area contributed by atoms with E-state index < -0.39 is 0 Å². The number of carbonyl (C=O) groups is 1. The van der Waals surface area contributed by atoms with Crippen molar-refractivity contribution >= 4 is 22.6 Å². The lowest BCUT2D eigenvalue weighted by atomic mass is 10.2. The number of rotatable bonds is 6. The van der Waals surface area contributed by atoms with Crippen LogP contribution in [0.25, 0.3) is 11.0 Å². The van der Waals surface area contributed by atoms with Crippen LogP contribution >= 0.6 is 0 Å². The van der Waals surface area contributed by atoms with Crippen LogP contribution in [0.3, 0.4) is 0 Å². The van der Waals surface area contributed by atoms with Crippen LogP contribution in [0.1, 0.15) is 16.8 Å². The Kier molecular flexibility index (Phi) is 4.14. The van der Waals surface area contributed by atoms with Crippen LogP contribution in [0.15, 0.2) is 37.7 Å². The quantitative estimate of drug-likeness (QED) is 0.780. The van der Waals surface area contributed by atoms with Gasteiger partial charge in [-0.1, -0.05) is 12.2 Å². The van der Waals surface area contributed by atoms with Crippen LogP contribution in [0, 0.1) is 0 Å². The van der Waals surface area contributed by atoms with E-state index in [9.17, 15) is 4.79 Å². The lowest BCUT2D eigenvalue weighted by Gasteiger charge is -2.07. The largest absolute Gasteiger partial charge is 0.397 e. The summed E-state index contributed by atoms with van der Waals surface area (Å²) in [5, 5.41) is 7.59. The van der Waals surface area contributed by atoms with E-state index in [0.717, 1.165) is 6.42 Å². The van der Waals surface area contributed by atoms with Crippen molar-refractivity contribution in [3.8, 4) is 0 Å². The molecule has 2 aromatic rings. The number of nitrogen functional groups attached to an aromatic ring is 1. The van der Waals surface area contributed by atoms with Gasteiger partial charge in [0.15, 0.2) is 5.65 Å². The van der Waals surface area contributed by atoms with Crippen molar-refractivity contribution in [1.82, 2.24) is 20.1 Å². The number of carbonyl (C=O) groups excluding carboxylic acids is 1. The minimum atomic E-state index is -0.268. The van der Waals surface area contributed by atoms with E-state index in [4.69, 9.17) is 5.73 Å². The Morgan fingerprint density at radius 1 is 1.40 bits per heavy atom. The number of pyridine rings is 1. The second-order valence-electron chi connectivity index (χ2n) is 4.27. The fourth-order valence-electron chi connectivity index (χ4n) is 1.86. The molecule has 0 bridgehead atoms. The molecule has 20 heavy (non-hydrogen) atoms. The molecule has 3 N–H and O–H groups in total. The number of fused-ring (bicyclic) bond motifs is 1. The van der Waals surface area contributed by atoms with E-state index in [2.05, 4.69) is 28.6 Å². The number of hydrogen-bond donors (Lipinski definition) is 2. The molecule has 0 spiro atoms. The van der Waals surface area contributed by atoms with Crippen LogP contribution in [0.5, 0.6) is 0 Å². The molecule has 0 unspecified atom stereocenters. The van der Waals surface area contributed by atoms with Gasteiger partial charge in [-0.15, -0.1) is 13.2 Å². The van der Waals surface area contributed by atoms with Crippen molar-refractivity contribution in [1.29, 1.82) is 0 Å². The van der Waals surface area contributed by atoms with Gasteiger partial charge < -0.3 is 11.1 Å². The van der Waals surface area contributed by atoms with E-state index >= 15 is 0 Å². The van der Waals surface area contributed by atoms with Crippen LogP contribution in [-0.4, -0.2) is 27.2 Å². The van der Waals surface area contributed by atoms with E-state index in [1.165, 1.54) is 6.20 Å². The number of amides is 1. The van der Waals surface area contributed by atoms with Gasteiger partial charge in [0.1, 0.15) is 0 Å². The molecule has 0 aliphatic rings. The molecule has 0 saturated carbocycles. The second-order valence-corrected chi connectivity index (χ2v) is 4.27. The minimum absolute atomic E-state index is 0.268. The van der Waals surface area contributed by atoms with Gasteiger partial charge in [-0.25, -0.2) is 9.67 Å². The molecular weight excluding hydrogens is 254 g/mol. The summed E-state index contributed by atoms with van der Waals surface area (Å²) in [7, 11) is 0. The van der Waals surface area contributed by atoms with Crippen molar-refractivity contribution in [2.24, 2.45) is 0 Å². The van der Waals surface area contributed by atoms with Crippen LogP contribution in [-0.2, 0) is 6.54 Å². The molecule has 0 aliphatic carbocycles. The third kappa shape index (κ3) is 2.54. The maximum absolute atomic E-state index is 11.9. The maximum atomic E-state index is 11.9. The summed E-state index contributed by atoms with van der Waals surface area (Å²) in [6.07, 6.45) is 7.31. The molecule has 0 aromatic carbocycles. The zero-order valence-corrected chi connectivity index (χ0v) is 11.2. The average molecular weight is 271 g/mol. The van der Waals surface area contributed by atoms with E-state index in [1.807, 2.05) is 6.08 Å². The zero-order chi connectivity index (χ0) is 14.5. The average Bonchev–Trinajstić information content (AvgIpc) is 2.87. The Labute approximate surface area is 117 Å². The van der Waals surface area contributed by atoms with Gasteiger partial charge in [0.25, 0.3) is 5.91 Å². The highest BCUT2D eigenvalue weighted by atomic mass is 16.1. The summed E-state index contributed by atoms with van der Waals surface area (Å²) in [6.45, 7) is 8.29.